The summed E-state index contributed by atoms with van der Waals surface area (Å²) in [7, 11) is 0. The average Bonchev–Trinajstić information content (AvgIpc) is 2.74. The van der Waals surface area contributed by atoms with Crippen molar-refractivity contribution < 1.29 is 9.53 Å². The standard InChI is InChI=1S/C23H36N2O2S/c1-19(2)22(28-18-21-6-4-3-5-7-21)23(26)25-12-9-20(10-13-25)8-11-24-14-16-27-17-15-24/h3-7,19-20,22H,8-18H2,1-2H3. The minimum absolute atomic E-state index is 0.0603. The third-order valence-electron chi connectivity index (χ3n) is 6.00. The number of hydrogen-bond donors (Lipinski definition) is 0. The van der Waals surface area contributed by atoms with Gasteiger partial charge in [0.25, 0.3) is 0 Å². The summed E-state index contributed by atoms with van der Waals surface area (Å²) < 4.78 is 5.43. The Morgan fingerprint density at radius 2 is 1.79 bits per heavy atom. The number of benzene rings is 1. The zero-order valence-corrected chi connectivity index (χ0v) is 18.3. The molecule has 2 saturated heterocycles. The molecule has 0 bridgehead atoms. The van der Waals surface area contributed by atoms with Gasteiger partial charge in [0.15, 0.2) is 0 Å². The van der Waals surface area contributed by atoms with Crippen molar-refractivity contribution in [3.63, 3.8) is 0 Å². The molecule has 1 unspecified atom stereocenters. The van der Waals surface area contributed by atoms with Crippen LogP contribution < -0.4 is 0 Å². The van der Waals surface area contributed by atoms with Gasteiger partial charge in [-0.25, -0.2) is 0 Å². The molecule has 0 radical (unpaired) electrons. The van der Waals surface area contributed by atoms with Crippen molar-refractivity contribution in [1.29, 1.82) is 0 Å². The molecule has 1 atom stereocenters. The highest BCUT2D eigenvalue weighted by Gasteiger charge is 2.30. The lowest BCUT2D eigenvalue weighted by molar-refractivity contribution is -0.132. The molecule has 0 N–H and O–H groups in total. The number of likely N-dealkylation sites (tertiary alicyclic amines) is 1. The third kappa shape index (κ3) is 6.50. The minimum atomic E-state index is 0.0603. The number of amides is 1. The number of piperidine rings is 1. The Morgan fingerprint density at radius 3 is 2.43 bits per heavy atom. The Balaban J connectivity index is 1.42. The second-order valence-electron chi connectivity index (χ2n) is 8.47. The molecule has 4 nitrogen and oxygen atoms in total. The number of carbonyl (C=O) groups is 1. The number of rotatable bonds is 8. The first-order valence-corrected chi connectivity index (χ1v) is 11.9. The molecular formula is C23H36N2O2S. The topological polar surface area (TPSA) is 32.8 Å². The van der Waals surface area contributed by atoms with Crippen molar-refractivity contribution in [1.82, 2.24) is 9.80 Å². The van der Waals surface area contributed by atoms with Gasteiger partial charge in [0.05, 0.1) is 18.5 Å². The fourth-order valence-electron chi connectivity index (χ4n) is 4.12. The molecule has 1 aromatic carbocycles. The molecule has 3 rings (SSSR count). The van der Waals surface area contributed by atoms with Gasteiger partial charge < -0.3 is 9.64 Å². The van der Waals surface area contributed by atoms with Crippen molar-refractivity contribution in [2.45, 2.75) is 44.1 Å². The van der Waals surface area contributed by atoms with E-state index in [9.17, 15) is 4.79 Å². The maximum Gasteiger partial charge on any atom is 0.235 e. The highest BCUT2D eigenvalue weighted by atomic mass is 32.2. The van der Waals surface area contributed by atoms with Gasteiger partial charge in [-0.2, -0.15) is 0 Å². The Hall–Kier alpha value is -1.04. The minimum Gasteiger partial charge on any atom is -0.379 e. The van der Waals surface area contributed by atoms with Crippen molar-refractivity contribution in [2.24, 2.45) is 11.8 Å². The van der Waals surface area contributed by atoms with Gasteiger partial charge in [-0.05, 0) is 43.2 Å². The van der Waals surface area contributed by atoms with Gasteiger partial charge >= 0.3 is 0 Å². The fourth-order valence-corrected chi connectivity index (χ4v) is 5.36. The summed E-state index contributed by atoms with van der Waals surface area (Å²) in [6.45, 7) is 11.3. The molecular weight excluding hydrogens is 368 g/mol. The van der Waals surface area contributed by atoms with E-state index in [1.54, 1.807) is 11.8 Å². The van der Waals surface area contributed by atoms with Crippen molar-refractivity contribution in [2.75, 3.05) is 45.9 Å². The Bertz CT molecular complexity index is 582. The lowest BCUT2D eigenvalue weighted by Crippen LogP contribution is -2.45. The number of nitrogens with zero attached hydrogens (tertiary/aromatic N) is 2. The molecule has 2 heterocycles. The highest BCUT2D eigenvalue weighted by molar-refractivity contribution is 7.99. The number of ether oxygens (including phenoxy) is 1. The number of thioether (sulfide) groups is 1. The van der Waals surface area contributed by atoms with Crippen LogP contribution in [0, 0.1) is 11.8 Å². The molecule has 1 aromatic rings. The molecule has 156 valence electrons. The van der Waals surface area contributed by atoms with Gasteiger partial charge in [0, 0.05) is 31.9 Å². The van der Waals surface area contributed by atoms with Crippen LogP contribution in [0.4, 0.5) is 0 Å². The predicted octanol–water partition coefficient (Wildman–Crippen LogP) is 3.91. The van der Waals surface area contributed by atoms with Crippen LogP contribution in [0.1, 0.15) is 38.7 Å². The van der Waals surface area contributed by atoms with Gasteiger partial charge in [0.2, 0.25) is 5.91 Å². The van der Waals surface area contributed by atoms with Crippen LogP contribution in [-0.2, 0) is 15.3 Å². The Morgan fingerprint density at radius 1 is 1.11 bits per heavy atom. The molecule has 2 aliphatic heterocycles. The maximum absolute atomic E-state index is 13.2. The number of hydrogen-bond acceptors (Lipinski definition) is 4. The quantitative estimate of drug-likeness (QED) is 0.658. The van der Waals surface area contributed by atoms with E-state index in [0.29, 0.717) is 11.8 Å². The lowest BCUT2D eigenvalue weighted by Gasteiger charge is -2.36. The van der Waals surface area contributed by atoms with E-state index in [1.165, 1.54) is 18.5 Å². The molecule has 0 aromatic heterocycles. The zero-order chi connectivity index (χ0) is 19.8. The Labute approximate surface area is 175 Å². The summed E-state index contributed by atoms with van der Waals surface area (Å²) in [6.07, 6.45) is 3.58. The number of carbonyl (C=O) groups excluding carboxylic acids is 1. The average molecular weight is 405 g/mol. The van der Waals surface area contributed by atoms with Gasteiger partial charge in [0.1, 0.15) is 0 Å². The van der Waals surface area contributed by atoms with E-state index in [2.05, 4.69) is 47.9 Å². The summed E-state index contributed by atoms with van der Waals surface area (Å²) in [6, 6.07) is 10.5. The normalized spacial score (nSPS) is 20.5. The largest absolute Gasteiger partial charge is 0.379 e. The van der Waals surface area contributed by atoms with Crippen molar-refractivity contribution in [3.8, 4) is 0 Å². The van der Waals surface area contributed by atoms with Gasteiger partial charge in [-0.15, -0.1) is 11.8 Å². The molecule has 2 fully saturated rings. The van der Waals surface area contributed by atoms with E-state index < -0.39 is 0 Å². The first-order valence-electron chi connectivity index (χ1n) is 10.9. The molecule has 5 heteroatoms. The monoisotopic (exact) mass is 404 g/mol. The van der Waals surface area contributed by atoms with Crippen LogP contribution in [0.2, 0.25) is 0 Å². The molecule has 2 aliphatic rings. The second kappa shape index (κ2) is 11.2. The molecule has 0 spiro atoms. The van der Waals surface area contributed by atoms with Gasteiger partial charge in [-0.1, -0.05) is 44.2 Å². The first-order chi connectivity index (χ1) is 13.6. The summed E-state index contributed by atoms with van der Waals surface area (Å²) in [5.41, 5.74) is 1.30. The van der Waals surface area contributed by atoms with E-state index >= 15 is 0 Å². The van der Waals surface area contributed by atoms with Crippen LogP contribution in [-0.4, -0.2) is 66.9 Å². The van der Waals surface area contributed by atoms with E-state index in [0.717, 1.165) is 63.9 Å². The van der Waals surface area contributed by atoms with E-state index in [-0.39, 0.29) is 5.25 Å². The molecule has 0 saturated carbocycles. The van der Waals surface area contributed by atoms with Crippen molar-refractivity contribution >= 4 is 17.7 Å². The predicted molar refractivity (Wildman–Crippen MR) is 118 cm³/mol. The van der Waals surface area contributed by atoms with Gasteiger partial charge in [-0.3, -0.25) is 9.69 Å². The maximum atomic E-state index is 13.2. The SMILES string of the molecule is CC(C)C(SCc1ccccc1)C(=O)N1CCC(CCN2CCOCC2)CC1. The summed E-state index contributed by atoms with van der Waals surface area (Å²) >= 11 is 1.80. The Kier molecular flexibility index (Phi) is 8.68. The van der Waals surface area contributed by atoms with E-state index in [1.807, 2.05) is 6.07 Å². The van der Waals surface area contributed by atoms with Crippen LogP contribution in [0.5, 0.6) is 0 Å². The molecule has 0 aliphatic carbocycles. The van der Waals surface area contributed by atoms with E-state index in [4.69, 9.17) is 4.74 Å². The summed E-state index contributed by atoms with van der Waals surface area (Å²) in [5, 5.41) is 0.0603. The molecule has 1 amide bonds. The van der Waals surface area contributed by atoms with Crippen LogP contribution in [0.3, 0.4) is 0 Å². The van der Waals surface area contributed by atoms with Crippen LogP contribution in [0.25, 0.3) is 0 Å². The molecule has 28 heavy (non-hydrogen) atoms. The zero-order valence-electron chi connectivity index (χ0n) is 17.5. The van der Waals surface area contributed by atoms with Crippen LogP contribution >= 0.6 is 11.8 Å². The van der Waals surface area contributed by atoms with Crippen molar-refractivity contribution in [3.05, 3.63) is 35.9 Å². The smallest absolute Gasteiger partial charge is 0.235 e. The third-order valence-corrected chi connectivity index (χ3v) is 7.61. The van der Waals surface area contributed by atoms with Crippen LogP contribution in [0.15, 0.2) is 30.3 Å². The summed E-state index contributed by atoms with van der Waals surface area (Å²) in [5.74, 6) is 2.38. The fraction of sp³-hybridized carbons (Fsp3) is 0.696. The first kappa shape index (κ1) is 21.7. The highest BCUT2D eigenvalue weighted by Crippen LogP contribution is 2.28. The lowest BCUT2D eigenvalue weighted by atomic mass is 9.92. The summed E-state index contributed by atoms with van der Waals surface area (Å²) in [4.78, 5) is 17.8. The number of morpholine rings is 1. The second-order valence-corrected chi connectivity index (χ2v) is 9.60.